The second kappa shape index (κ2) is 6.40. The van der Waals surface area contributed by atoms with Crippen LogP contribution in [-0.4, -0.2) is 26.4 Å². The summed E-state index contributed by atoms with van der Waals surface area (Å²) in [7, 11) is 0. The normalized spacial score (nSPS) is 12.7. The molecule has 130 valence electrons. The van der Waals surface area contributed by atoms with Gasteiger partial charge in [-0.3, -0.25) is 10.1 Å². The first-order valence-electron chi connectivity index (χ1n) is 8.18. The molecule has 1 aliphatic rings. The van der Waals surface area contributed by atoms with Crippen molar-refractivity contribution in [1.29, 1.82) is 0 Å². The number of nitro groups is 1. The lowest BCUT2D eigenvalue weighted by molar-refractivity contribution is -0.383. The Kier molecular flexibility index (Phi) is 3.92. The van der Waals surface area contributed by atoms with E-state index in [0.717, 1.165) is 23.2 Å². The smallest absolute Gasteiger partial charge is 0.320 e. The highest BCUT2D eigenvalue weighted by Crippen LogP contribution is 2.40. The van der Waals surface area contributed by atoms with Crippen LogP contribution in [0.25, 0.3) is 0 Å². The van der Waals surface area contributed by atoms with E-state index in [1.54, 1.807) is 12.3 Å². The van der Waals surface area contributed by atoms with E-state index in [1.165, 1.54) is 6.33 Å². The van der Waals surface area contributed by atoms with Crippen LogP contribution in [-0.2, 0) is 6.42 Å². The molecule has 1 aromatic carbocycles. The van der Waals surface area contributed by atoms with Crippen LogP contribution in [0.3, 0.4) is 0 Å². The summed E-state index contributed by atoms with van der Waals surface area (Å²) in [5.41, 5.74) is 2.93. The number of hydrogen-bond donors (Lipinski definition) is 1. The SMILES string of the molecule is Cc1ccc(Nc2ncnc(N3CCc4ccccc43)c2[N+](=O)[O-])nc1. The fraction of sp³-hybridized carbons (Fsp3) is 0.167. The summed E-state index contributed by atoms with van der Waals surface area (Å²) >= 11 is 0. The molecule has 0 amide bonds. The van der Waals surface area contributed by atoms with Crippen molar-refractivity contribution >= 4 is 28.8 Å². The van der Waals surface area contributed by atoms with E-state index in [1.807, 2.05) is 42.2 Å². The zero-order valence-electron chi connectivity index (χ0n) is 14.1. The van der Waals surface area contributed by atoms with Crippen molar-refractivity contribution in [1.82, 2.24) is 15.0 Å². The van der Waals surface area contributed by atoms with Crippen molar-refractivity contribution in [2.45, 2.75) is 13.3 Å². The molecule has 0 saturated heterocycles. The first kappa shape index (κ1) is 15.9. The summed E-state index contributed by atoms with van der Waals surface area (Å²) in [4.78, 5) is 25.7. The molecule has 26 heavy (non-hydrogen) atoms. The van der Waals surface area contributed by atoms with Crippen LogP contribution in [0.4, 0.5) is 28.8 Å². The fourth-order valence-corrected chi connectivity index (χ4v) is 3.05. The molecule has 0 fully saturated rings. The average molecular weight is 348 g/mol. The third-order valence-corrected chi connectivity index (χ3v) is 4.29. The van der Waals surface area contributed by atoms with Gasteiger partial charge in [0.05, 0.1) is 4.92 Å². The molecule has 0 spiro atoms. The maximum absolute atomic E-state index is 11.8. The molecule has 3 aromatic rings. The van der Waals surface area contributed by atoms with Crippen LogP contribution in [0.15, 0.2) is 48.9 Å². The number of nitrogens with one attached hydrogen (secondary N) is 1. The molecule has 0 atom stereocenters. The fourth-order valence-electron chi connectivity index (χ4n) is 3.05. The molecule has 0 unspecified atom stereocenters. The molecule has 0 radical (unpaired) electrons. The second-order valence-corrected chi connectivity index (χ2v) is 6.03. The summed E-state index contributed by atoms with van der Waals surface area (Å²) in [5, 5.41) is 14.7. The largest absolute Gasteiger partial charge is 0.354 e. The zero-order chi connectivity index (χ0) is 18.1. The van der Waals surface area contributed by atoms with Crippen molar-refractivity contribution in [2.24, 2.45) is 0 Å². The van der Waals surface area contributed by atoms with Crippen LogP contribution in [0.1, 0.15) is 11.1 Å². The first-order chi connectivity index (χ1) is 12.6. The highest BCUT2D eigenvalue weighted by Gasteiger charge is 2.31. The molecule has 1 aliphatic heterocycles. The molecule has 8 nitrogen and oxygen atoms in total. The topological polar surface area (TPSA) is 97.1 Å². The quantitative estimate of drug-likeness (QED) is 0.569. The van der Waals surface area contributed by atoms with Gasteiger partial charge in [0.2, 0.25) is 11.6 Å². The van der Waals surface area contributed by atoms with E-state index in [4.69, 9.17) is 0 Å². The lowest BCUT2D eigenvalue weighted by Crippen LogP contribution is -2.17. The number of para-hydroxylation sites is 1. The highest BCUT2D eigenvalue weighted by atomic mass is 16.6. The summed E-state index contributed by atoms with van der Waals surface area (Å²) in [6.45, 7) is 2.56. The van der Waals surface area contributed by atoms with E-state index in [-0.39, 0.29) is 17.3 Å². The molecular weight excluding hydrogens is 332 g/mol. The number of aryl methyl sites for hydroxylation is 1. The maximum atomic E-state index is 11.8. The molecule has 0 saturated carbocycles. The first-order valence-corrected chi connectivity index (χ1v) is 8.18. The predicted octanol–water partition coefficient (Wildman–Crippen LogP) is 3.53. The van der Waals surface area contributed by atoms with Crippen molar-refractivity contribution in [3.63, 3.8) is 0 Å². The molecule has 4 rings (SSSR count). The van der Waals surface area contributed by atoms with Crippen molar-refractivity contribution < 1.29 is 4.92 Å². The van der Waals surface area contributed by atoms with Gasteiger partial charge in [-0.15, -0.1) is 0 Å². The van der Waals surface area contributed by atoms with Gasteiger partial charge in [-0.25, -0.2) is 15.0 Å². The lowest BCUT2D eigenvalue weighted by Gasteiger charge is -2.18. The van der Waals surface area contributed by atoms with Crippen LogP contribution in [0.5, 0.6) is 0 Å². The van der Waals surface area contributed by atoms with E-state index in [2.05, 4.69) is 20.3 Å². The number of benzene rings is 1. The number of pyridine rings is 1. The van der Waals surface area contributed by atoms with Gasteiger partial charge in [0, 0.05) is 18.4 Å². The van der Waals surface area contributed by atoms with Gasteiger partial charge in [0.15, 0.2) is 0 Å². The molecule has 1 N–H and O–H groups in total. The number of nitrogens with zero attached hydrogens (tertiary/aromatic N) is 5. The highest BCUT2D eigenvalue weighted by molar-refractivity contribution is 5.79. The Balaban J connectivity index is 1.77. The molecule has 8 heteroatoms. The van der Waals surface area contributed by atoms with E-state index < -0.39 is 4.92 Å². The minimum atomic E-state index is -0.452. The van der Waals surface area contributed by atoms with Crippen LogP contribution < -0.4 is 10.2 Å². The monoisotopic (exact) mass is 348 g/mol. The molecule has 3 heterocycles. The minimum absolute atomic E-state index is 0.126. The van der Waals surface area contributed by atoms with Crippen LogP contribution >= 0.6 is 0 Å². The molecule has 0 bridgehead atoms. The molecular formula is C18H16N6O2. The third kappa shape index (κ3) is 2.81. The van der Waals surface area contributed by atoms with E-state index >= 15 is 0 Å². The van der Waals surface area contributed by atoms with Gasteiger partial charge in [0.25, 0.3) is 0 Å². The van der Waals surface area contributed by atoms with Crippen molar-refractivity contribution in [2.75, 3.05) is 16.8 Å². The maximum Gasteiger partial charge on any atom is 0.354 e. The van der Waals surface area contributed by atoms with E-state index in [0.29, 0.717) is 12.4 Å². The van der Waals surface area contributed by atoms with Crippen LogP contribution in [0.2, 0.25) is 0 Å². The van der Waals surface area contributed by atoms with Gasteiger partial charge in [-0.2, -0.15) is 0 Å². The zero-order valence-corrected chi connectivity index (χ0v) is 14.1. The van der Waals surface area contributed by atoms with Crippen molar-refractivity contribution in [3.05, 3.63) is 70.2 Å². The molecule has 0 aliphatic carbocycles. The lowest BCUT2D eigenvalue weighted by atomic mass is 10.2. The third-order valence-electron chi connectivity index (χ3n) is 4.29. The van der Waals surface area contributed by atoms with E-state index in [9.17, 15) is 10.1 Å². The number of hydrogen-bond acceptors (Lipinski definition) is 7. The number of aromatic nitrogens is 3. The predicted molar refractivity (Wildman–Crippen MR) is 98.1 cm³/mol. The van der Waals surface area contributed by atoms with Crippen molar-refractivity contribution in [3.8, 4) is 0 Å². The summed E-state index contributed by atoms with van der Waals surface area (Å²) in [5.74, 6) is 0.899. The number of rotatable bonds is 4. The molecule has 2 aromatic heterocycles. The standard InChI is InChI=1S/C18H16N6O2/c1-12-6-7-15(19-10-12)22-17-16(24(25)26)18(21-11-20-17)23-9-8-13-4-2-3-5-14(13)23/h2-7,10-11H,8-9H2,1H3,(H,19,20,21,22). The summed E-state index contributed by atoms with van der Waals surface area (Å²) in [6.07, 6.45) is 3.84. The second-order valence-electron chi connectivity index (χ2n) is 6.03. The van der Waals surface area contributed by atoms with Gasteiger partial charge < -0.3 is 10.2 Å². The number of fused-ring (bicyclic) bond motifs is 1. The Morgan fingerprint density at radius 2 is 2.00 bits per heavy atom. The van der Waals surface area contributed by atoms with Gasteiger partial charge in [-0.1, -0.05) is 24.3 Å². The Labute approximate surface area is 149 Å². The Morgan fingerprint density at radius 3 is 2.77 bits per heavy atom. The average Bonchev–Trinajstić information content (AvgIpc) is 3.07. The minimum Gasteiger partial charge on any atom is -0.320 e. The van der Waals surface area contributed by atoms with Gasteiger partial charge in [-0.05, 0) is 36.6 Å². The number of anilines is 4. The Hall–Kier alpha value is -3.55. The Bertz CT molecular complexity index is 974. The Morgan fingerprint density at radius 1 is 1.15 bits per heavy atom. The van der Waals surface area contributed by atoms with Crippen LogP contribution in [0, 0.1) is 17.0 Å². The summed E-state index contributed by atoms with van der Waals surface area (Å²) < 4.78 is 0. The van der Waals surface area contributed by atoms with Gasteiger partial charge >= 0.3 is 5.69 Å². The summed E-state index contributed by atoms with van der Waals surface area (Å²) in [6, 6.07) is 11.5. The van der Waals surface area contributed by atoms with Gasteiger partial charge in [0.1, 0.15) is 12.1 Å².